The minimum absolute atomic E-state index is 0.0173. The van der Waals surface area contributed by atoms with Crippen molar-refractivity contribution in [2.24, 2.45) is 0 Å². The molecule has 30 heavy (non-hydrogen) atoms. The maximum atomic E-state index is 12.6. The van der Waals surface area contributed by atoms with Crippen LogP contribution in [-0.4, -0.2) is 39.9 Å². The van der Waals surface area contributed by atoms with Crippen LogP contribution in [0.15, 0.2) is 53.3 Å². The lowest BCUT2D eigenvalue weighted by molar-refractivity contribution is -0.385. The largest absolute Gasteiger partial charge is 0.505 e. The van der Waals surface area contributed by atoms with Crippen molar-refractivity contribution in [1.29, 1.82) is 0 Å². The number of aromatic hydroxyl groups is 1. The second-order valence-electron chi connectivity index (χ2n) is 5.90. The van der Waals surface area contributed by atoms with Gasteiger partial charge in [-0.2, -0.15) is 9.78 Å². The highest BCUT2D eigenvalue weighted by Crippen LogP contribution is 2.30. The third-order valence-corrected chi connectivity index (χ3v) is 4.07. The lowest BCUT2D eigenvalue weighted by Gasteiger charge is -2.12. The molecule has 2 N–H and O–H groups in total. The van der Waals surface area contributed by atoms with Gasteiger partial charge in [-0.05, 0) is 24.3 Å². The molecule has 1 amide bonds. The topological polar surface area (TPSA) is 146 Å². The molecular formula is C19H16N4O7. The number of methoxy groups -OCH3 is 2. The van der Waals surface area contributed by atoms with E-state index >= 15 is 0 Å². The lowest BCUT2D eigenvalue weighted by atomic mass is 10.2. The van der Waals surface area contributed by atoms with E-state index < -0.39 is 27.8 Å². The van der Waals surface area contributed by atoms with E-state index in [1.807, 2.05) is 0 Å². The summed E-state index contributed by atoms with van der Waals surface area (Å²) in [6, 6.07) is 11.1. The van der Waals surface area contributed by atoms with E-state index in [0.717, 1.165) is 16.8 Å². The van der Waals surface area contributed by atoms with Crippen molar-refractivity contribution < 1.29 is 24.3 Å². The molecule has 2 aromatic carbocycles. The second-order valence-corrected chi connectivity index (χ2v) is 5.90. The van der Waals surface area contributed by atoms with Crippen molar-refractivity contribution in [3.8, 4) is 22.9 Å². The van der Waals surface area contributed by atoms with Gasteiger partial charge in [0.1, 0.15) is 11.4 Å². The Morgan fingerprint density at radius 3 is 2.50 bits per heavy atom. The smallest absolute Gasteiger partial charge is 0.312 e. The SMILES string of the molecule is COc1ccccc1-n1nc(C(=O)Nc2ccc(OC)c([N+](=O)[O-])c2)c(O)cc1=O. The Balaban J connectivity index is 2.00. The summed E-state index contributed by atoms with van der Waals surface area (Å²) in [6.45, 7) is 0. The standard InChI is InChI=1S/C19H16N4O7/c1-29-15-6-4-3-5-12(15)22-17(25)10-14(24)18(21-22)19(26)20-11-7-8-16(30-2)13(9-11)23(27)28/h3-10,24H,1-2H3,(H,20,26). The fourth-order valence-corrected chi connectivity index (χ4v) is 2.69. The fourth-order valence-electron chi connectivity index (χ4n) is 2.69. The van der Waals surface area contributed by atoms with Crippen molar-refractivity contribution in [2.45, 2.75) is 0 Å². The van der Waals surface area contributed by atoms with Gasteiger partial charge in [0.2, 0.25) is 0 Å². The third-order valence-electron chi connectivity index (χ3n) is 4.07. The first-order chi connectivity index (χ1) is 14.3. The van der Waals surface area contributed by atoms with Crippen LogP contribution in [0.4, 0.5) is 11.4 Å². The molecular weight excluding hydrogens is 396 g/mol. The first-order valence-corrected chi connectivity index (χ1v) is 8.46. The Labute approximate surface area is 169 Å². The number of benzene rings is 2. The number of hydrogen-bond acceptors (Lipinski definition) is 8. The number of amides is 1. The zero-order chi connectivity index (χ0) is 21.8. The Morgan fingerprint density at radius 1 is 1.13 bits per heavy atom. The quantitative estimate of drug-likeness (QED) is 0.462. The predicted octanol–water partition coefficient (Wildman–Crippen LogP) is 2.12. The summed E-state index contributed by atoms with van der Waals surface area (Å²) in [6.07, 6.45) is 0. The zero-order valence-electron chi connectivity index (χ0n) is 15.9. The molecule has 0 fully saturated rings. The van der Waals surface area contributed by atoms with Crippen LogP contribution in [0.25, 0.3) is 5.69 Å². The Morgan fingerprint density at radius 2 is 1.83 bits per heavy atom. The molecule has 0 aliphatic carbocycles. The number of carbonyl (C=O) groups is 1. The van der Waals surface area contributed by atoms with Crippen LogP contribution in [-0.2, 0) is 0 Å². The summed E-state index contributed by atoms with van der Waals surface area (Å²) >= 11 is 0. The maximum absolute atomic E-state index is 12.6. The van der Waals surface area contributed by atoms with Crippen molar-refractivity contribution in [2.75, 3.05) is 19.5 Å². The van der Waals surface area contributed by atoms with Crippen LogP contribution in [0.1, 0.15) is 10.5 Å². The van der Waals surface area contributed by atoms with Gasteiger partial charge >= 0.3 is 5.69 Å². The van der Waals surface area contributed by atoms with E-state index in [4.69, 9.17) is 9.47 Å². The summed E-state index contributed by atoms with van der Waals surface area (Å²) in [5, 5.41) is 27.6. The fraction of sp³-hybridized carbons (Fsp3) is 0.105. The van der Waals surface area contributed by atoms with E-state index in [-0.39, 0.29) is 22.8 Å². The van der Waals surface area contributed by atoms with Gasteiger partial charge in [0.15, 0.2) is 17.2 Å². The van der Waals surface area contributed by atoms with Gasteiger partial charge in [-0.3, -0.25) is 19.7 Å². The molecule has 1 heterocycles. The number of rotatable bonds is 6. The molecule has 0 atom stereocenters. The molecule has 0 saturated heterocycles. The Bertz CT molecular complexity index is 1190. The van der Waals surface area contributed by atoms with Gasteiger partial charge in [0.25, 0.3) is 11.5 Å². The van der Waals surface area contributed by atoms with Gasteiger partial charge in [-0.15, -0.1) is 0 Å². The molecule has 0 bridgehead atoms. The van der Waals surface area contributed by atoms with Crippen molar-refractivity contribution in [1.82, 2.24) is 9.78 Å². The van der Waals surface area contributed by atoms with E-state index in [0.29, 0.717) is 5.75 Å². The number of nitrogens with zero attached hydrogens (tertiary/aromatic N) is 3. The molecule has 154 valence electrons. The third kappa shape index (κ3) is 3.90. The molecule has 0 aliphatic heterocycles. The van der Waals surface area contributed by atoms with E-state index in [1.165, 1.54) is 26.4 Å². The highest BCUT2D eigenvalue weighted by Gasteiger charge is 2.21. The number of hydrogen-bond donors (Lipinski definition) is 2. The summed E-state index contributed by atoms with van der Waals surface area (Å²) in [5.41, 5.74) is -1.16. The minimum Gasteiger partial charge on any atom is -0.505 e. The molecule has 0 unspecified atom stereocenters. The van der Waals surface area contributed by atoms with Crippen LogP contribution in [0.3, 0.4) is 0 Å². The maximum Gasteiger partial charge on any atom is 0.312 e. The highest BCUT2D eigenvalue weighted by molar-refractivity contribution is 6.04. The van der Waals surface area contributed by atoms with Gasteiger partial charge < -0.3 is 19.9 Å². The first kappa shape index (κ1) is 20.3. The summed E-state index contributed by atoms with van der Waals surface area (Å²) in [5.74, 6) is -1.18. The zero-order valence-corrected chi connectivity index (χ0v) is 15.9. The number of para-hydroxylation sites is 2. The Kier molecular flexibility index (Phi) is 5.63. The number of nitro benzene ring substituents is 1. The molecule has 0 spiro atoms. The van der Waals surface area contributed by atoms with Crippen LogP contribution >= 0.6 is 0 Å². The number of carbonyl (C=O) groups excluding carboxylic acids is 1. The van der Waals surface area contributed by atoms with Crippen LogP contribution in [0.5, 0.6) is 17.2 Å². The lowest BCUT2D eigenvalue weighted by Crippen LogP contribution is -2.25. The number of aromatic nitrogens is 2. The average molecular weight is 412 g/mol. The van der Waals surface area contributed by atoms with Gasteiger partial charge in [-0.1, -0.05) is 12.1 Å². The number of nitro groups is 1. The van der Waals surface area contributed by atoms with Crippen molar-refractivity contribution >= 4 is 17.3 Å². The molecule has 3 aromatic rings. The molecule has 11 nitrogen and oxygen atoms in total. The van der Waals surface area contributed by atoms with E-state index in [2.05, 4.69) is 10.4 Å². The second kappa shape index (κ2) is 8.31. The van der Waals surface area contributed by atoms with Crippen LogP contribution in [0.2, 0.25) is 0 Å². The monoisotopic (exact) mass is 412 g/mol. The van der Waals surface area contributed by atoms with Crippen LogP contribution < -0.4 is 20.3 Å². The highest BCUT2D eigenvalue weighted by atomic mass is 16.6. The number of anilines is 1. The van der Waals surface area contributed by atoms with Gasteiger partial charge in [0.05, 0.1) is 19.1 Å². The molecule has 3 rings (SSSR count). The number of ether oxygens (including phenoxy) is 2. The van der Waals surface area contributed by atoms with Gasteiger partial charge in [0, 0.05) is 17.8 Å². The molecule has 1 aromatic heterocycles. The Hall–Kier alpha value is -4.41. The van der Waals surface area contributed by atoms with E-state index in [1.54, 1.807) is 24.3 Å². The van der Waals surface area contributed by atoms with E-state index in [9.17, 15) is 24.8 Å². The average Bonchev–Trinajstić information content (AvgIpc) is 2.73. The molecule has 0 saturated carbocycles. The summed E-state index contributed by atoms with van der Waals surface area (Å²) in [7, 11) is 2.69. The van der Waals surface area contributed by atoms with Crippen molar-refractivity contribution in [3.63, 3.8) is 0 Å². The van der Waals surface area contributed by atoms with Crippen molar-refractivity contribution in [3.05, 3.63) is 74.7 Å². The molecule has 11 heteroatoms. The van der Waals surface area contributed by atoms with Crippen LogP contribution in [0, 0.1) is 10.1 Å². The van der Waals surface area contributed by atoms with Gasteiger partial charge in [-0.25, -0.2) is 0 Å². The molecule has 0 radical (unpaired) electrons. The first-order valence-electron chi connectivity index (χ1n) is 8.46. The summed E-state index contributed by atoms with van der Waals surface area (Å²) < 4.78 is 11.0. The summed E-state index contributed by atoms with van der Waals surface area (Å²) in [4.78, 5) is 35.4. The molecule has 0 aliphatic rings. The normalized spacial score (nSPS) is 10.3. The number of nitrogens with one attached hydrogen (secondary N) is 1. The predicted molar refractivity (Wildman–Crippen MR) is 106 cm³/mol. The minimum atomic E-state index is -0.879.